The molecule has 0 radical (unpaired) electrons. The van der Waals surface area contributed by atoms with Gasteiger partial charge in [-0.05, 0) is 36.2 Å². The quantitative estimate of drug-likeness (QED) is 0.519. The van der Waals surface area contributed by atoms with E-state index in [-0.39, 0.29) is 11.6 Å². The number of carbonyl (C=O) groups excluding carboxylic acids is 1. The van der Waals surface area contributed by atoms with Crippen LogP contribution in [0.1, 0.15) is 24.2 Å². The zero-order valence-corrected chi connectivity index (χ0v) is 17.3. The summed E-state index contributed by atoms with van der Waals surface area (Å²) in [4.78, 5) is 27.3. The maximum absolute atomic E-state index is 12.8. The number of hydrogen-bond acceptors (Lipinski definition) is 5. The van der Waals surface area contributed by atoms with Gasteiger partial charge in [-0.25, -0.2) is 0 Å². The largest absolute Gasteiger partial charge is 0.493 e. The molecule has 2 aromatic carbocycles. The Morgan fingerprint density at radius 3 is 2.38 bits per heavy atom. The van der Waals surface area contributed by atoms with Gasteiger partial charge in [0.05, 0.1) is 16.6 Å². The van der Waals surface area contributed by atoms with Crippen molar-refractivity contribution in [1.29, 1.82) is 0 Å². The number of nitro benzene ring substituents is 1. The first-order chi connectivity index (χ1) is 13.9. The summed E-state index contributed by atoms with van der Waals surface area (Å²) in [7, 11) is 0. The number of para-hydroxylation sites is 1. The van der Waals surface area contributed by atoms with Gasteiger partial charge in [0, 0.05) is 37.8 Å². The summed E-state index contributed by atoms with van der Waals surface area (Å²) in [5, 5.41) is 11.7. The zero-order valence-electron chi connectivity index (χ0n) is 16.5. The zero-order chi connectivity index (χ0) is 21.0. The molecule has 7 nitrogen and oxygen atoms in total. The fourth-order valence-electron chi connectivity index (χ4n) is 3.24. The van der Waals surface area contributed by atoms with Crippen LogP contribution in [0.15, 0.2) is 42.5 Å². The van der Waals surface area contributed by atoms with Crippen LogP contribution in [0.2, 0.25) is 5.02 Å². The van der Waals surface area contributed by atoms with Crippen molar-refractivity contribution in [2.75, 3.05) is 37.7 Å². The molecule has 0 unspecified atom stereocenters. The van der Waals surface area contributed by atoms with Crippen LogP contribution in [0.5, 0.6) is 5.75 Å². The third-order valence-corrected chi connectivity index (χ3v) is 5.03. The number of amides is 1. The minimum atomic E-state index is -0.429. The average molecular weight is 418 g/mol. The van der Waals surface area contributed by atoms with Crippen LogP contribution in [0.25, 0.3) is 0 Å². The van der Waals surface area contributed by atoms with Gasteiger partial charge in [0.25, 0.3) is 11.6 Å². The standard InChI is InChI=1S/C21H24ClN3O4/c1-15(2)14-29-17-8-6-16(7-9-17)21(26)24-12-10-23(11-13-24)20-18(22)4-3-5-19(20)25(27)28/h3-9,15H,10-14H2,1-2H3. The minimum Gasteiger partial charge on any atom is -0.493 e. The van der Waals surface area contributed by atoms with Gasteiger partial charge in [-0.2, -0.15) is 0 Å². The molecular formula is C21H24ClN3O4. The van der Waals surface area contributed by atoms with Crippen LogP contribution in [0.4, 0.5) is 11.4 Å². The summed E-state index contributed by atoms with van der Waals surface area (Å²) in [5.41, 5.74) is 0.992. The topological polar surface area (TPSA) is 75.9 Å². The van der Waals surface area contributed by atoms with Crippen molar-refractivity contribution >= 4 is 28.9 Å². The monoisotopic (exact) mass is 417 g/mol. The first kappa shape index (κ1) is 20.9. The Bertz CT molecular complexity index is 878. The molecular weight excluding hydrogens is 394 g/mol. The van der Waals surface area contributed by atoms with Gasteiger partial charge in [-0.15, -0.1) is 0 Å². The Hall–Kier alpha value is -2.80. The highest BCUT2D eigenvalue weighted by Crippen LogP contribution is 2.35. The summed E-state index contributed by atoms with van der Waals surface area (Å²) in [6.45, 7) is 6.67. The van der Waals surface area contributed by atoms with E-state index in [1.165, 1.54) is 6.07 Å². The summed E-state index contributed by atoms with van der Waals surface area (Å²) in [5.74, 6) is 1.11. The Morgan fingerprint density at radius 1 is 1.14 bits per heavy atom. The fraction of sp³-hybridized carbons (Fsp3) is 0.381. The number of carbonyl (C=O) groups is 1. The summed E-state index contributed by atoms with van der Waals surface area (Å²) >= 11 is 6.22. The van der Waals surface area contributed by atoms with Crippen molar-refractivity contribution in [3.63, 3.8) is 0 Å². The van der Waals surface area contributed by atoms with Crippen molar-refractivity contribution in [3.05, 3.63) is 63.2 Å². The SMILES string of the molecule is CC(C)COc1ccc(C(=O)N2CCN(c3c(Cl)cccc3[N+](=O)[O-])CC2)cc1. The number of anilines is 1. The van der Waals surface area contributed by atoms with Crippen molar-refractivity contribution in [2.45, 2.75) is 13.8 Å². The van der Waals surface area contributed by atoms with E-state index >= 15 is 0 Å². The van der Waals surface area contributed by atoms with Crippen LogP contribution >= 0.6 is 11.6 Å². The smallest absolute Gasteiger partial charge is 0.294 e. The van der Waals surface area contributed by atoms with E-state index in [0.29, 0.717) is 55.0 Å². The molecule has 3 rings (SSSR count). The van der Waals surface area contributed by atoms with Crippen LogP contribution in [0.3, 0.4) is 0 Å². The highest BCUT2D eigenvalue weighted by atomic mass is 35.5. The first-order valence-corrected chi connectivity index (χ1v) is 9.94. The van der Waals surface area contributed by atoms with Gasteiger partial charge in [-0.1, -0.05) is 31.5 Å². The van der Waals surface area contributed by atoms with Gasteiger partial charge in [0.2, 0.25) is 0 Å². The molecule has 0 aromatic heterocycles. The molecule has 1 heterocycles. The molecule has 154 valence electrons. The van der Waals surface area contributed by atoms with Gasteiger partial charge in [0.15, 0.2) is 0 Å². The molecule has 8 heteroatoms. The number of nitro groups is 1. The normalized spacial score (nSPS) is 14.2. The van der Waals surface area contributed by atoms with Crippen LogP contribution in [0, 0.1) is 16.0 Å². The fourth-order valence-corrected chi connectivity index (χ4v) is 3.53. The van der Waals surface area contributed by atoms with E-state index in [9.17, 15) is 14.9 Å². The molecule has 1 saturated heterocycles. The predicted octanol–water partition coefficient (Wildman–Crippen LogP) is 4.25. The first-order valence-electron chi connectivity index (χ1n) is 9.57. The Balaban J connectivity index is 1.64. The number of hydrogen-bond donors (Lipinski definition) is 0. The maximum atomic E-state index is 12.8. The number of piperazine rings is 1. The Kier molecular flexibility index (Phi) is 6.59. The van der Waals surface area contributed by atoms with Crippen molar-refractivity contribution in [1.82, 2.24) is 4.90 Å². The van der Waals surface area contributed by atoms with E-state index in [0.717, 1.165) is 5.75 Å². The number of nitrogens with zero attached hydrogens (tertiary/aromatic N) is 3. The second kappa shape index (κ2) is 9.13. The number of benzene rings is 2. The molecule has 1 aliphatic heterocycles. The average Bonchev–Trinajstić information content (AvgIpc) is 2.72. The van der Waals surface area contributed by atoms with Gasteiger partial charge < -0.3 is 14.5 Å². The molecule has 1 amide bonds. The number of ether oxygens (including phenoxy) is 1. The molecule has 0 saturated carbocycles. The summed E-state index contributed by atoms with van der Waals surface area (Å²) in [6.07, 6.45) is 0. The third kappa shape index (κ3) is 4.98. The van der Waals surface area contributed by atoms with E-state index < -0.39 is 4.92 Å². The van der Waals surface area contributed by atoms with E-state index in [4.69, 9.17) is 16.3 Å². The highest BCUT2D eigenvalue weighted by Gasteiger charge is 2.28. The molecule has 29 heavy (non-hydrogen) atoms. The molecule has 0 atom stereocenters. The van der Waals surface area contributed by atoms with E-state index in [1.54, 1.807) is 41.3 Å². The second-order valence-electron chi connectivity index (χ2n) is 7.37. The molecule has 0 spiro atoms. The van der Waals surface area contributed by atoms with Crippen LogP contribution < -0.4 is 9.64 Å². The molecule has 0 N–H and O–H groups in total. The van der Waals surface area contributed by atoms with Crippen molar-refractivity contribution in [2.24, 2.45) is 5.92 Å². The second-order valence-corrected chi connectivity index (χ2v) is 7.78. The third-order valence-electron chi connectivity index (χ3n) is 4.73. The lowest BCUT2D eigenvalue weighted by molar-refractivity contribution is -0.384. The summed E-state index contributed by atoms with van der Waals surface area (Å²) in [6, 6.07) is 11.8. The lowest BCUT2D eigenvalue weighted by atomic mass is 10.1. The van der Waals surface area contributed by atoms with Crippen LogP contribution in [-0.4, -0.2) is 48.5 Å². The molecule has 2 aromatic rings. The number of halogens is 1. The van der Waals surface area contributed by atoms with Crippen molar-refractivity contribution in [3.8, 4) is 5.75 Å². The van der Waals surface area contributed by atoms with Crippen LogP contribution in [-0.2, 0) is 0 Å². The van der Waals surface area contributed by atoms with Crippen molar-refractivity contribution < 1.29 is 14.5 Å². The predicted molar refractivity (Wildman–Crippen MR) is 113 cm³/mol. The molecule has 0 aliphatic carbocycles. The van der Waals surface area contributed by atoms with E-state index in [1.807, 2.05) is 4.90 Å². The lowest BCUT2D eigenvalue weighted by Crippen LogP contribution is -2.49. The number of rotatable bonds is 6. The lowest BCUT2D eigenvalue weighted by Gasteiger charge is -2.36. The minimum absolute atomic E-state index is 0.0192. The maximum Gasteiger partial charge on any atom is 0.294 e. The summed E-state index contributed by atoms with van der Waals surface area (Å²) < 4.78 is 5.65. The van der Waals surface area contributed by atoms with Gasteiger partial charge in [0.1, 0.15) is 11.4 Å². The molecule has 1 fully saturated rings. The Labute approximate surface area is 175 Å². The Morgan fingerprint density at radius 2 is 1.79 bits per heavy atom. The molecule has 1 aliphatic rings. The van der Waals surface area contributed by atoms with Gasteiger partial charge >= 0.3 is 0 Å². The molecule has 0 bridgehead atoms. The highest BCUT2D eigenvalue weighted by molar-refractivity contribution is 6.33. The van der Waals surface area contributed by atoms with E-state index in [2.05, 4.69) is 13.8 Å². The van der Waals surface area contributed by atoms with Gasteiger partial charge in [-0.3, -0.25) is 14.9 Å².